The summed E-state index contributed by atoms with van der Waals surface area (Å²) in [4.78, 5) is 23.8. The van der Waals surface area contributed by atoms with Crippen molar-refractivity contribution in [2.75, 3.05) is 46.8 Å². The highest BCUT2D eigenvalue weighted by Crippen LogP contribution is 2.29. The van der Waals surface area contributed by atoms with Gasteiger partial charge in [-0.15, -0.1) is 0 Å². The molecule has 1 amide bonds. The van der Waals surface area contributed by atoms with Crippen molar-refractivity contribution in [3.8, 4) is 17.2 Å². The number of benzene rings is 2. The second-order valence-corrected chi connectivity index (χ2v) is 6.51. The molecular formula is C20H26N3O6+. The lowest BCUT2D eigenvalue weighted by Crippen LogP contribution is -3.10. The van der Waals surface area contributed by atoms with Crippen LogP contribution in [0.4, 0.5) is 11.4 Å². The van der Waals surface area contributed by atoms with Gasteiger partial charge in [-0.1, -0.05) is 6.07 Å². The topological polar surface area (TPSA) is 104 Å². The van der Waals surface area contributed by atoms with E-state index in [1.54, 1.807) is 14.2 Å². The highest BCUT2D eigenvalue weighted by atomic mass is 16.6. The van der Waals surface area contributed by atoms with Gasteiger partial charge < -0.3 is 24.4 Å². The molecule has 0 aliphatic rings. The number of rotatable bonds is 10. The van der Waals surface area contributed by atoms with Gasteiger partial charge in [-0.05, 0) is 23.8 Å². The number of anilines is 1. The molecule has 0 bridgehead atoms. The van der Waals surface area contributed by atoms with Crippen molar-refractivity contribution < 1.29 is 28.8 Å². The summed E-state index contributed by atoms with van der Waals surface area (Å²) in [6, 6.07) is 9.81. The van der Waals surface area contributed by atoms with Gasteiger partial charge in [-0.25, -0.2) is 0 Å². The quantitative estimate of drug-likeness (QED) is 0.457. The molecule has 0 fully saturated rings. The summed E-state index contributed by atoms with van der Waals surface area (Å²) in [5.41, 5.74) is 1.23. The van der Waals surface area contributed by atoms with Crippen LogP contribution in [0.1, 0.15) is 5.56 Å². The number of quaternary nitrogens is 1. The standard InChI is InChI=1S/C20H25N3O6/c1-22(10-9-14-5-7-18(28-3)19(11-14)29-4)13-20(24)21-16-12-15(23(25)26)6-8-17(16)27-2/h5-8,11-12H,9-10,13H2,1-4H3,(H,21,24)/p+1. The maximum absolute atomic E-state index is 12.4. The first-order chi connectivity index (χ1) is 13.9. The van der Waals surface area contributed by atoms with Gasteiger partial charge in [0, 0.05) is 18.6 Å². The lowest BCUT2D eigenvalue weighted by molar-refractivity contribution is -0.870. The second-order valence-electron chi connectivity index (χ2n) is 6.51. The van der Waals surface area contributed by atoms with Gasteiger partial charge >= 0.3 is 0 Å². The molecule has 0 aliphatic carbocycles. The van der Waals surface area contributed by atoms with E-state index >= 15 is 0 Å². The average molecular weight is 404 g/mol. The van der Waals surface area contributed by atoms with Crippen LogP contribution >= 0.6 is 0 Å². The zero-order valence-corrected chi connectivity index (χ0v) is 17.0. The number of ether oxygens (including phenoxy) is 3. The molecule has 2 N–H and O–H groups in total. The number of non-ortho nitro benzene ring substituents is 1. The van der Waals surface area contributed by atoms with Crippen molar-refractivity contribution in [2.45, 2.75) is 6.42 Å². The van der Waals surface area contributed by atoms with Gasteiger partial charge in [-0.2, -0.15) is 0 Å². The summed E-state index contributed by atoms with van der Waals surface area (Å²) >= 11 is 0. The third kappa shape index (κ3) is 6.08. The summed E-state index contributed by atoms with van der Waals surface area (Å²) in [7, 11) is 6.53. The minimum Gasteiger partial charge on any atom is -0.495 e. The zero-order chi connectivity index (χ0) is 21.4. The highest BCUT2D eigenvalue weighted by Gasteiger charge is 2.16. The molecule has 2 aromatic rings. The molecule has 2 aromatic carbocycles. The summed E-state index contributed by atoms with van der Waals surface area (Å²) in [5.74, 6) is 1.45. The van der Waals surface area contributed by atoms with E-state index < -0.39 is 4.92 Å². The first kappa shape index (κ1) is 22.0. The number of nitro benzene ring substituents is 1. The van der Waals surface area contributed by atoms with E-state index in [9.17, 15) is 14.9 Å². The first-order valence-electron chi connectivity index (χ1n) is 9.02. The number of hydrogen-bond acceptors (Lipinski definition) is 6. The van der Waals surface area contributed by atoms with E-state index in [0.717, 1.165) is 23.4 Å². The van der Waals surface area contributed by atoms with Crippen LogP contribution in [0.25, 0.3) is 0 Å². The first-order valence-corrected chi connectivity index (χ1v) is 9.02. The number of methoxy groups -OCH3 is 3. The van der Waals surface area contributed by atoms with Gasteiger partial charge in [0.2, 0.25) is 0 Å². The number of nitrogens with zero attached hydrogens (tertiary/aromatic N) is 1. The zero-order valence-electron chi connectivity index (χ0n) is 17.0. The van der Waals surface area contributed by atoms with Crippen molar-refractivity contribution in [2.24, 2.45) is 0 Å². The van der Waals surface area contributed by atoms with Crippen molar-refractivity contribution in [1.82, 2.24) is 0 Å². The monoisotopic (exact) mass is 404 g/mol. The number of carbonyl (C=O) groups is 1. The average Bonchev–Trinajstić information content (AvgIpc) is 2.71. The fraction of sp³-hybridized carbons (Fsp3) is 0.350. The molecule has 0 saturated heterocycles. The summed E-state index contributed by atoms with van der Waals surface area (Å²) in [5, 5.41) is 13.6. The van der Waals surface area contributed by atoms with E-state index in [1.165, 1.54) is 25.3 Å². The van der Waals surface area contributed by atoms with Gasteiger partial charge in [0.25, 0.3) is 11.6 Å². The molecule has 0 aromatic heterocycles. The Morgan fingerprint density at radius 1 is 1.03 bits per heavy atom. The van der Waals surface area contributed by atoms with Gasteiger partial charge in [0.05, 0.1) is 45.5 Å². The molecular weight excluding hydrogens is 378 g/mol. The molecule has 9 heteroatoms. The molecule has 9 nitrogen and oxygen atoms in total. The number of likely N-dealkylation sites (N-methyl/N-ethyl adjacent to an activating group) is 1. The van der Waals surface area contributed by atoms with Crippen molar-refractivity contribution >= 4 is 17.3 Å². The largest absolute Gasteiger partial charge is 0.495 e. The molecule has 0 heterocycles. The SMILES string of the molecule is COc1ccc([N+](=O)[O-])cc1NC(=O)C[NH+](C)CCc1ccc(OC)c(OC)c1. The maximum Gasteiger partial charge on any atom is 0.279 e. The van der Waals surface area contributed by atoms with Crippen LogP contribution in [-0.2, 0) is 11.2 Å². The summed E-state index contributed by atoms with van der Waals surface area (Å²) in [6.45, 7) is 0.925. The fourth-order valence-electron chi connectivity index (χ4n) is 2.86. The minimum atomic E-state index is -0.518. The second kappa shape index (κ2) is 10.3. The molecule has 1 unspecified atom stereocenters. The van der Waals surface area contributed by atoms with Gasteiger partial charge in [-0.3, -0.25) is 14.9 Å². The smallest absolute Gasteiger partial charge is 0.279 e. The lowest BCUT2D eigenvalue weighted by Gasteiger charge is -2.15. The van der Waals surface area contributed by atoms with Crippen molar-refractivity contribution in [1.29, 1.82) is 0 Å². The Bertz CT molecular complexity index is 871. The number of carbonyl (C=O) groups excluding carboxylic acids is 1. The molecule has 29 heavy (non-hydrogen) atoms. The molecule has 0 spiro atoms. The van der Waals surface area contributed by atoms with Gasteiger partial charge in [0.1, 0.15) is 5.75 Å². The third-order valence-corrected chi connectivity index (χ3v) is 4.42. The normalized spacial score (nSPS) is 11.4. The van der Waals surface area contributed by atoms with Gasteiger partial charge in [0.15, 0.2) is 18.0 Å². The Morgan fingerprint density at radius 3 is 2.31 bits per heavy atom. The van der Waals surface area contributed by atoms with E-state index in [-0.39, 0.29) is 23.8 Å². The predicted octanol–water partition coefficient (Wildman–Crippen LogP) is 1.32. The lowest BCUT2D eigenvalue weighted by atomic mass is 10.1. The van der Waals surface area contributed by atoms with E-state index in [2.05, 4.69) is 5.32 Å². The molecule has 1 atom stereocenters. The van der Waals surface area contributed by atoms with Crippen molar-refractivity contribution in [3.63, 3.8) is 0 Å². The van der Waals surface area contributed by atoms with Crippen LogP contribution < -0.4 is 24.4 Å². The molecule has 2 rings (SSSR count). The van der Waals surface area contributed by atoms with Crippen LogP contribution in [-0.4, -0.2) is 52.3 Å². The Kier molecular flexibility index (Phi) is 7.79. The summed E-state index contributed by atoms with van der Waals surface area (Å²) in [6.07, 6.45) is 0.750. The Balaban J connectivity index is 1.94. The third-order valence-electron chi connectivity index (χ3n) is 4.42. The molecule has 0 aliphatic heterocycles. The number of nitro groups is 1. The molecule has 0 saturated carbocycles. The van der Waals surface area contributed by atoms with Crippen LogP contribution in [0, 0.1) is 10.1 Å². The molecule has 0 radical (unpaired) electrons. The molecule has 156 valence electrons. The van der Waals surface area contributed by atoms with Crippen LogP contribution in [0.2, 0.25) is 0 Å². The Morgan fingerprint density at radius 2 is 1.69 bits per heavy atom. The maximum atomic E-state index is 12.4. The predicted molar refractivity (Wildman–Crippen MR) is 108 cm³/mol. The fourth-order valence-corrected chi connectivity index (χ4v) is 2.86. The van der Waals surface area contributed by atoms with Crippen LogP contribution in [0.3, 0.4) is 0 Å². The van der Waals surface area contributed by atoms with Crippen molar-refractivity contribution in [3.05, 3.63) is 52.1 Å². The van der Waals surface area contributed by atoms with E-state index in [4.69, 9.17) is 14.2 Å². The minimum absolute atomic E-state index is 0.116. The number of hydrogen-bond donors (Lipinski definition) is 2. The number of amides is 1. The highest BCUT2D eigenvalue weighted by molar-refractivity contribution is 5.93. The van der Waals surface area contributed by atoms with Crippen LogP contribution in [0.5, 0.6) is 17.2 Å². The Hall–Kier alpha value is -3.33. The van der Waals surface area contributed by atoms with E-state index in [1.807, 2.05) is 25.2 Å². The van der Waals surface area contributed by atoms with E-state index in [0.29, 0.717) is 17.2 Å². The van der Waals surface area contributed by atoms with Crippen LogP contribution in [0.15, 0.2) is 36.4 Å². The number of nitrogens with one attached hydrogen (secondary N) is 2. The Labute approximate surface area is 169 Å². The summed E-state index contributed by atoms with van der Waals surface area (Å²) < 4.78 is 15.7.